The second-order valence-electron chi connectivity index (χ2n) is 7.95. The highest BCUT2D eigenvalue weighted by atomic mass is 16.3. The molecule has 4 nitrogen and oxygen atoms in total. The Labute approximate surface area is 182 Å². The van der Waals surface area contributed by atoms with E-state index < -0.39 is 0 Å². The maximum Gasteiger partial charge on any atom is 0.267 e. The first-order valence-corrected chi connectivity index (χ1v) is 10.7. The standard InChI is InChI=1S/C27H24N2O2/c30-25(17-16-23-14-8-18-31-23)29-27(21-11-5-2-6-12-21)24-15-7-13-22(26(24)28-29)19-20-9-3-1-4-10-20/h1-6,8-12,14,16-19,24,27H,7,13,15H2/b17-16+,22-19+/t24-,27-/m1/s1. The predicted molar refractivity (Wildman–Crippen MR) is 123 cm³/mol. The molecule has 2 atom stereocenters. The molecule has 1 aliphatic heterocycles. The van der Waals surface area contributed by atoms with Crippen LogP contribution in [0.5, 0.6) is 0 Å². The van der Waals surface area contributed by atoms with Crippen LogP contribution in [0.25, 0.3) is 12.2 Å². The Balaban J connectivity index is 1.52. The molecule has 31 heavy (non-hydrogen) atoms. The van der Waals surface area contributed by atoms with Gasteiger partial charge in [-0.05, 0) is 60.2 Å². The first-order valence-electron chi connectivity index (χ1n) is 10.7. The van der Waals surface area contributed by atoms with Crippen molar-refractivity contribution in [1.29, 1.82) is 0 Å². The van der Waals surface area contributed by atoms with Crippen LogP contribution in [0.4, 0.5) is 0 Å². The summed E-state index contributed by atoms with van der Waals surface area (Å²) in [4.78, 5) is 13.2. The normalized spacial score (nSPS) is 22.0. The third-order valence-corrected chi connectivity index (χ3v) is 5.94. The van der Waals surface area contributed by atoms with Gasteiger partial charge >= 0.3 is 0 Å². The van der Waals surface area contributed by atoms with Crippen molar-refractivity contribution in [3.8, 4) is 0 Å². The summed E-state index contributed by atoms with van der Waals surface area (Å²) in [6, 6.07) is 24.1. The van der Waals surface area contributed by atoms with Crippen molar-refractivity contribution in [2.45, 2.75) is 25.3 Å². The zero-order valence-electron chi connectivity index (χ0n) is 17.2. The van der Waals surface area contributed by atoms with Crippen LogP contribution in [-0.2, 0) is 4.79 Å². The van der Waals surface area contributed by atoms with Gasteiger partial charge in [-0.1, -0.05) is 60.7 Å². The van der Waals surface area contributed by atoms with Crippen LogP contribution in [0.1, 0.15) is 42.2 Å². The minimum atomic E-state index is -0.133. The number of rotatable bonds is 4. The number of allylic oxidation sites excluding steroid dienone is 1. The van der Waals surface area contributed by atoms with Crippen LogP contribution >= 0.6 is 0 Å². The molecule has 0 saturated heterocycles. The minimum absolute atomic E-state index is 0.0931. The van der Waals surface area contributed by atoms with Crippen LogP contribution in [-0.4, -0.2) is 16.6 Å². The number of nitrogens with zero attached hydrogens (tertiary/aromatic N) is 2. The molecular weight excluding hydrogens is 384 g/mol. The van der Waals surface area contributed by atoms with Gasteiger partial charge in [0.15, 0.2) is 0 Å². The van der Waals surface area contributed by atoms with Gasteiger partial charge in [0.05, 0.1) is 18.0 Å². The quantitative estimate of drug-likeness (QED) is 0.489. The van der Waals surface area contributed by atoms with E-state index in [1.54, 1.807) is 23.4 Å². The minimum Gasteiger partial charge on any atom is -0.465 e. The number of fused-ring (bicyclic) bond motifs is 1. The molecule has 2 heterocycles. The third kappa shape index (κ3) is 4.02. The number of carbonyl (C=O) groups is 1. The molecule has 2 aliphatic rings. The molecule has 154 valence electrons. The summed E-state index contributed by atoms with van der Waals surface area (Å²) in [6.07, 6.45) is 10.2. The van der Waals surface area contributed by atoms with E-state index >= 15 is 0 Å². The molecule has 1 amide bonds. The predicted octanol–water partition coefficient (Wildman–Crippen LogP) is 6.12. The van der Waals surface area contributed by atoms with Gasteiger partial charge in [-0.15, -0.1) is 0 Å². The van der Waals surface area contributed by atoms with Crippen molar-refractivity contribution < 1.29 is 9.21 Å². The van der Waals surface area contributed by atoms with Crippen LogP contribution in [0.15, 0.2) is 100 Å². The van der Waals surface area contributed by atoms with Crippen molar-refractivity contribution >= 4 is 23.8 Å². The largest absolute Gasteiger partial charge is 0.465 e. The molecule has 3 aromatic rings. The Bertz CT molecular complexity index is 1130. The lowest BCUT2D eigenvalue weighted by Crippen LogP contribution is -2.30. The summed E-state index contributed by atoms with van der Waals surface area (Å²) >= 11 is 0. The van der Waals surface area contributed by atoms with E-state index in [0.717, 1.165) is 30.5 Å². The first-order chi connectivity index (χ1) is 15.3. The van der Waals surface area contributed by atoms with Crippen molar-refractivity contribution in [3.05, 3.63) is 108 Å². The van der Waals surface area contributed by atoms with Crippen LogP contribution < -0.4 is 0 Å². The van der Waals surface area contributed by atoms with Gasteiger partial charge in [-0.3, -0.25) is 4.79 Å². The van der Waals surface area contributed by atoms with E-state index in [9.17, 15) is 4.79 Å². The maximum atomic E-state index is 13.2. The summed E-state index contributed by atoms with van der Waals surface area (Å²) < 4.78 is 5.33. The Morgan fingerprint density at radius 3 is 2.52 bits per heavy atom. The lowest BCUT2D eigenvalue weighted by molar-refractivity contribution is -0.128. The average Bonchev–Trinajstić information content (AvgIpc) is 3.47. The monoisotopic (exact) mass is 408 g/mol. The molecule has 1 aromatic heterocycles. The van der Waals surface area contributed by atoms with Crippen LogP contribution in [0.2, 0.25) is 0 Å². The van der Waals surface area contributed by atoms with Crippen molar-refractivity contribution in [3.63, 3.8) is 0 Å². The molecule has 5 rings (SSSR count). The van der Waals surface area contributed by atoms with Gasteiger partial charge < -0.3 is 4.42 Å². The van der Waals surface area contributed by atoms with Crippen LogP contribution in [0, 0.1) is 5.92 Å². The van der Waals surface area contributed by atoms with E-state index in [1.807, 2.05) is 48.5 Å². The van der Waals surface area contributed by atoms with Gasteiger partial charge in [-0.2, -0.15) is 5.10 Å². The Morgan fingerprint density at radius 2 is 1.77 bits per heavy atom. The zero-order chi connectivity index (χ0) is 21.0. The van der Waals surface area contributed by atoms with Crippen molar-refractivity contribution in [2.75, 3.05) is 0 Å². The molecule has 1 saturated carbocycles. The van der Waals surface area contributed by atoms with E-state index in [1.165, 1.54) is 11.1 Å². The molecule has 0 spiro atoms. The number of hydrogen-bond donors (Lipinski definition) is 0. The number of furan rings is 1. The fourth-order valence-corrected chi connectivity index (χ4v) is 4.53. The zero-order valence-corrected chi connectivity index (χ0v) is 17.2. The molecule has 1 aliphatic carbocycles. The SMILES string of the molecule is O=C(/C=C/c1ccco1)N1N=C2/C(=C/c3ccccc3)CCC[C@H]2[C@H]1c1ccccc1. The van der Waals surface area contributed by atoms with Crippen molar-refractivity contribution in [1.82, 2.24) is 5.01 Å². The summed E-state index contributed by atoms with van der Waals surface area (Å²) in [7, 11) is 0. The number of hydrogen-bond acceptors (Lipinski definition) is 3. The Morgan fingerprint density at radius 1 is 1.00 bits per heavy atom. The Hall–Kier alpha value is -3.66. The Kier molecular flexibility index (Phi) is 5.36. The molecule has 0 radical (unpaired) electrons. The van der Waals surface area contributed by atoms with Gasteiger partial charge in [0.2, 0.25) is 0 Å². The van der Waals surface area contributed by atoms with Gasteiger partial charge in [0, 0.05) is 12.0 Å². The van der Waals surface area contributed by atoms with Crippen molar-refractivity contribution in [2.24, 2.45) is 11.0 Å². The van der Waals surface area contributed by atoms with E-state index in [2.05, 4.69) is 30.3 Å². The third-order valence-electron chi connectivity index (χ3n) is 5.94. The maximum absolute atomic E-state index is 13.2. The first kappa shape index (κ1) is 19.3. The van der Waals surface area contributed by atoms with Gasteiger partial charge in [-0.25, -0.2) is 5.01 Å². The number of hydrazone groups is 1. The molecular formula is C27H24N2O2. The molecule has 0 unspecified atom stereocenters. The molecule has 1 fully saturated rings. The highest BCUT2D eigenvalue weighted by Crippen LogP contribution is 2.44. The fraction of sp³-hybridized carbons (Fsp3) is 0.185. The highest BCUT2D eigenvalue weighted by molar-refractivity contribution is 6.08. The van der Waals surface area contributed by atoms with E-state index in [4.69, 9.17) is 9.52 Å². The molecule has 0 bridgehead atoms. The molecule has 2 aromatic carbocycles. The van der Waals surface area contributed by atoms with E-state index in [-0.39, 0.29) is 17.9 Å². The second kappa shape index (κ2) is 8.60. The topological polar surface area (TPSA) is 45.8 Å². The van der Waals surface area contributed by atoms with Gasteiger partial charge in [0.25, 0.3) is 5.91 Å². The molecule has 4 heteroatoms. The van der Waals surface area contributed by atoms with E-state index in [0.29, 0.717) is 5.76 Å². The summed E-state index contributed by atoms with van der Waals surface area (Å²) in [5.74, 6) is 0.719. The lowest BCUT2D eigenvalue weighted by Gasteiger charge is -2.29. The lowest BCUT2D eigenvalue weighted by atomic mass is 9.77. The summed E-state index contributed by atoms with van der Waals surface area (Å²) in [5, 5.41) is 6.56. The number of amides is 1. The average molecular weight is 409 g/mol. The number of carbonyl (C=O) groups excluding carboxylic acids is 1. The highest BCUT2D eigenvalue weighted by Gasteiger charge is 2.43. The van der Waals surface area contributed by atoms with Crippen LogP contribution in [0.3, 0.4) is 0 Å². The molecule has 0 N–H and O–H groups in total. The van der Waals surface area contributed by atoms with Gasteiger partial charge in [0.1, 0.15) is 5.76 Å². The summed E-state index contributed by atoms with van der Waals surface area (Å²) in [5.41, 5.74) is 4.56. The second-order valence-corrected chi connectivity index (χ2v) is 7.95. The fourth-order valence-electron chi connectivity index (χ4n) is 4.53. The smallest absolute Gasteiger partial charge is 0.267 e. The number of benzene rings is 2. The summed E-state index contributed by atoms with van der Waals surface area (Å²) in [6.45, 7) is 0.